The first-order valence-electron chi connectivity index (χ1n) is 6.09. The molecule has 1 atom stereocenters. The second kappa shape index (κ2) is 5.65. The number of aromatic nitrogens is 1. The highest BCUT2D eigenvalue weighted by atomic mass is 16.3. The molecule has 0 radical (unpaired) electrons. The molecule has 17 heavy (non-hydrogen) atoms. The van der Waals surface area contributed by atoms with E-state index in [2.05, 4.69) is 16.0 Å². The number of nitriles is 1. The molecule has 1 saturated heterocycles. The molecule has 1 aliphatic heterocycles. The Balaban J connectivity index is 2.32. The van der Waals surface area contributed by atoms with Crippen molar-refractivity contribution in [3.8, 4) is 6.07 Å². The summed E-state index contributed by atoms with van der Waals surface area (Å²) in [6.45, 7) is 1.03. The number of hydrogen-bond acceptors (Lipinski definition) is 4. The number of rotatable bonds is 2. The Morgan fingerprint density at radius 2 is 2.35 bits per heavy atom. The average Bonchev–Trinajstić information content (AvgIpc) is 2.63. The summed E-state index contributed by atoms with van der Waals surface area (Å²) in [5, 5.41) is 18.5. The molecule has 2 rings (SSSR count). The summed E-state index contributed by atoms with van der Waals surface area (Å²) < 4.78 is 0. The van der Waals surface area contributed by atoms with Gasteiger partial charge < -0.3 is 10.0 Å². The van der Waals surface area contributed by atoms with Gasteiger partial charge in [0.05, 0.1) is 18.3 Å². The zero-order valence-electron chi connectivity index (χ0n) is 9.84. The average molecular weight is 231 g/mol. The molecule has 1 aromatic heterocycles. The van der Waals surface area contributed by atoms with Crippen LogP contribution in [0.2, 0.25) is 0 Å². The van der Waals surface area contributed by atoms with Gasteiger partial charge in [0.2, 0.25) is 0 Å². The fraction of sp³-hybridized carbons (Fsp3) is 0.538. The van der Waals surface area contributed by atoms with Gasteiger partial charge in [-0.2, -0.15) is 5.26 Å². The van der Waals surface area contributed by atoms with Gasteiger partial charge in [-0.25, -0.2) is 4.98 Å². The van der Waals surface area contributed by atoms with Crippen molar-refractivity contribution >= 4 is 5.69 Å². The topological polar surface area (TPSA) is 60.2 Å². The van der Waals surface area contributed by atoms with Crippen LogP contribution in [-0.2, 0) is 0 Å². The van der Waals surface area contributed by atoms with E-state index in [1.54, 1.807) is 6.20 Å². The number of aliphatic hydroxyl groups excluding tert-OH is 1. The molecule has 1 fully saturated rings. The van der Waals surface area contributed by atoms with Crippen LogP contribution in [0.15, 0.2) is 18.3 Å². The van der Waals surface area contributed by atoms with Crippen molar-refractivity contribution < 1.29 is 5.11 Å². The number of nitrogens with zero attached hydrogens (tertiary/aromatic N) is 3. The van der Waals surface area contributed by atoms with Crippen LogP contribution in [0.5, 0.6) is 0 Å². The Hall–Kier alpha value is -1.60. The standard InChI is InChI=1S/C13H17N3O/c14-9-12-13(6-4-7-15-12)16-8-3-1-2-5-11(16)10-17/h4,6-7,11,17H,1-3,5,8,10H2. The lowest BCUT2D eigenvalue weighted by molar-refractivity contribution is 0.255. The monoisotopic (exact) mass is 231 g/mol. The lowest BCUT2D eigenvalue weighted by Gasteiger charge is -2.30. The fourth-order valence-corrected chi connectivity index (χ4v) is 2.40. The van der Waals surface area contributed by atoms with Crippen LogP contribution in [0.3, 0.4) is 0 Å². The molecular weight excluding hydrogens is 214 g/mol. The Bertz CT molecular complexity index is 413. The highest BCUT2D eigenvalue weighted by Crippen LogP contribution is 2.25. The van der Waals surface area contributed by atoms with Crippen LogP contribution >= 0.6 is 0 Å². The SMILES string of the molecule is N#Cc1ncccc1N1CCCCCC1CO. The van der Waals surface area contributed by atoms with Crippen LogP contribution in [0, 0.1) is 11.3 Å². The third-order valence-corrected chi connectivity index (χ3v) is 3.29. The molecule has 0 aromatic carbocycles. The van der Waals surface area contributed by atoms with Crippen LogP contribution < -0.4 is 4.90 Å². The molecule has 1 aliphatic rings. The summed E-state index contributed by atoms with van der Waals surface area (Å²) in [6.07, 6.45) is 6.05. The van der Waals surface area contributed by atoms with E-state index in [1.165, 1.54) is 6.42 Å². The minimum atomic E-state index is 0.119. The van der Waals surface area contributed by atoms with Crippen molar-refractivity contribution in [1.29, 1.82) is 5.26 Å². The molecule has 1 unspecified atom stereocenters. The predicted octanol–water partition coefficient (Wildman–Crippen LogP) is 1.69. The Morgan fingerprint density at radius 3 is 3.12 bits per heavy atom. The summed E-state index contributed by atoms with van der Waals surface area (Å²) in [7, 11) is 0. The van der Waals surface area contributed by atoms with E-state index in [9.17, 15) is 5.11 Å². The van der Waals surface area contributed by atoms with Gasteiger partial charge in [-0.3, -0.25) is 0 Å². The van der Waals surface area contributed by atoms with Gasteiger partial charge in [0.15, 0.2) is 5.69 Å². The summed E-state index contributed by atoms with van der Waals surface area (Å²) in [6, 6.07) is 6.00. The largest absolute Gasteiger partial charge is 0.394 e. The molecule has 0 bridgehead atoms. The Labute approximate surface area is 102 Å². The van der Waals surface area contributed by atoms with Crippen molar-refractivity contribution in [2.24, 2.45) is 0 Å². The van der Waals surface area contributed by atoms with Crippen LogP contribution in [0.25, 0.3) is 0 Å². The Kier molecular flexibility index (Phi) is 3.94. The first-order chi connectivity index (χ1) is 8.36. The van der Waals surface area contributed by atoms with Gasteiger partial charge in [-0.1, -0.05) is 12.8 Å². The van der Waals surface area contributed by atoms with E-state index in [-0.39, 0.29) is 12.6 Å². The van der Waals surface area contributed by atoms with E-state index in [0.717, 1.165) is 31.5 Å². The molecule has 4 heteroatoms. The van der Waals surface area contributed by atoms with Crippen LogP contribution in [0.4, 0.5) is 5.69 Å². The lowest BCUT2D eigenvalue weighted by Crippen LogP contribution is -2.38. The molecule has 0 aliphatic carbocycles. The van der Waals surface area contributed by atoms with Crippen molar-refractivity contribution in [2.75, 3.05) is 18.1 Å². The minimum absolute atomic E-state index is 0.119. The van der Waals surface area contributed by atoms with Crippen molar-refractivity contribution in [3.05, 3.63) is 24.0 Å². The zero-order valence-corrected chi connectivity index (χ0v) is 9.84. The molecule has 0 spiro atoms. The van der Waals surface area contributed by atoms with Gasteiger partial charge in [0, 0.05) is 12.7 Å². The van der Waals surface area contributed by atoms with Gasteiger partial charge in [0.1, 0.15) is 6.07 Å². The molecule has 0 saturated carbocycles. The maximum atomic E-state index is 9.47. The van der Waals surface area contributed by atoms with Crippen molar-refractivity contribution in [1.82, 2.24) is 4.98 Å². The molecule has 90 valence electrons. The number of aliphatic hydroxyl groups is 1. The summed E-state index contributed by atoms with van der Waals surface area (Å²) in [4.78, 5) is 6.22. The van der Waals surface area contributed by atoms with Crippen LogP contribution in [0.1, 0.15) is 31.4 Å². The Morgan fingerprint density at radius 1 is 1.47 bits per heavy atom. The van der Waals surface area contributed by atoms with E-state index >= 15 is 0 Å². The van der Waals surface area contributed by atoms with E-state index in [0.29, 0.717) is 5.69 Å². The van der Waals surface area contributed by atoms with Gasteiger partial charge in [0.25, 0.3) is 0 Å². The fourth-order valence-electron chi connectivity index (χ4n) is 2.40. The van der Waals surface area contributed by atoms with Crippen molar-refractivity contribution in [3.63, 3.8) is 0 Å². The maximum Gasteiger partial charge on any atom is 0.163 e. The minimum Gasteiger partial charge on any atom is -0.394 e. The summed E-state index contributed by atoms with van der Waals surface area (Å²) in [5.41, 5.74) is 1.31. The van der Waals surface area contributed by atoms with Gasteiger partial charge >= 0.3 is 0 Å². The number of pyridine rings is 1. The van der Waals surface area contributed by atoms with E-state index < -0.39 is 0 Å². The van der Waals surface area contributed by atoms with Crippen molar-refractivity contribution in [2.45, 2.75) is 31.7 Å². The normalized spacial score (nSPS) is 20.7. The van der Waals surface area contributed by atoms with E-state index in [4.69, 9.17) is 5.26 Å². The zero-order chi connectivity index (χ0) is 12.1. The number of anilines is 1. The predicted molar refractivity (Wildman–Crippen MR) is 65.6 cm³/mol. The van der Waals surface area contributed by atoms with Gasteiger partial charge in [-0.15, -0.1) is 0 Å². The highest BCUT2D eigenvalue weighted by Gasteiger charge is 2.22. The first kappa shape index (κ1) is 11.9. The van der Waals surface area contributed by atoms with Crippen LogP contribution in [-0.4, -0.2) is 29.3 Å². The first-order valence-corrected chi connectivity index (χ1v) is 6.09. The lowest BCUT2D eigenvalue weighted by atomic mass is 10.1. The highest BCUT2D eigenvalue weighted by molar-refractivity contribution is 5.56. The molecule has 4 nitrogen and oxygen atoms in total. The molecule has 2 heterocycles. The third-order valence-electron chi connectivity index (χ3n) is 3.29. The molecular formula is C13H17N3O. The second-order valence-corrected chi connectivity index (χ2v) is 4.36. The summed E-state index contributed by atoms with van der Waals surface area (Å²) in [5.74, 6) is 0. The second-order valence-electron chi connectivity index (χ2n) is 4.36. The maximum absolute atomic E-state index is 9.47. The number of hydrogen-bond donors (Lipinski definition) is 1. The summed E-state index contributed by atoms with van der Waals surface area (Å²) >= 11 is 0. The smallest absolute Gasteiger partial charge is 0.163 e. The molecule has 1 N–H and O–H groups in total. The van der Waals surface area contributed by atoms with Gasteiger partial charge in [-0.05, 0) is 25.0 Å². The van der Waals surface area contributed by atoms with E-state index in [1.807, 2.05) is 12.1 Å². The third kappa shape index (κ3) is 2.56. The molecule has 0 amide bonds. The molecule has 1 aromatic rings. The quantitative estimate of drug-likeness (QED) is 0.841.